The van der Waals surface area contributed by atoms with Crippen molar-refractivity contribution in [3.8, 4) is 0 Å². The highest BCUT2D eigenvalue weighted by Gasteiger charge is 2.33. The number of amides is 1. The minimum Gasteiger partial charge on any atom is -0.383 e. The van der Waals surface area contributed by atoms with E-state index >= 15 is 0 Å². The highest BCUT2D eigenvalue weighted by molar-refractivity contribution is 6.31. The molecule has 1 fully saturated rings. The second-order valence-corrected chi connectivity index (χ2v) is 4.33. The van der Waals surface area contributed by atoms with Crippen LogP contribution in [0.1, 0.15) is 11.6 Å². The molecule has 2 N–H and O–H groups in total. The van der Waals surface area contributed by atoms with Crippen molar-refractivity contribution < 1.29 is 13.9 Å². The van der Waals surface area contributed by atoms with E-state index < -0.39 is 11.9 Å². The zero-order valence-electron chi connectivity index (χ0n) is 10.2. The van der Waals surface area contributed by atoms with E-state index in [1.807, 2.05) is 0 Å². The number of ether oxygens (including phenoxy) is 1. The Hall–Kier alpha value is -1.66. The molecule has 1 amide bonds. The van der Waals surface area contributed by atoms with Gasteiger partial charge in [0.1, 0.15) is 11.9 Å². The highest BCUT2D eigenvalue weighted by Crippen LogP contribution is 2.27. The summed E-state index contributed by atoms with van der Waals surface area (Å²) < 4.78 is 18.6. The van der Waals surface area contributed by atoms with Gasteiger partial charge in [0.15, 0.2) is 5.96 Å². The van der Waals surface area contributed by atoms with E-state index in [0.29, 0.717) is 19.1 Å². The molecule has 1 aromatic rings. The van der Waals surface area contributed by atoms with E-state index in [-0.39, 0.29) is 16.5 Å². The van der Waals surface area contributed by atoms with Crippen LogP contribution in [0.25, 0.3) is 0 Å². The number of halogens is 2. The van der Waals surface area contributed by atoms with Gasteiger partial charge in [0.05, 0.1) is 13.2 Å². The van der Waals surface area contributed by atoms with Crippen molar-refractivity contribution in [3.05, 3.63) is 34.6 Å². The maximum Gasteiger partial charge on any atom is 0.254 e. The maximum absolute atomic E-state index is 13.7. The Balaban J connectivity index is 2.18. The molecule has 0 aromatic heterocycles. The number of hydrogen-bond acceptors (Lipinski definition) is 3. The molecule has 0 aliphatic carbocycles. The lowest BCUT2D eigenvalue weighted by molar-refractivity contribution is -0.120. The van der Waals surface area contributed by atoms with E-state index in [2.05, 4.69) is 15.6 Å². The van der Waals surface area contributed by atoms with Crippen molar-refractivity contribution in [2.45, 2.75) is 6.04 Å². The van der Waals surface area contributed by atoms with Crippen molar-refractivity contribution in [1.29, 1.82) is 0 Å². The van der Waals surface area contributed by atoms with Crippen LogP contribution < -0.4 is 10.6 Å². The molecule has 0 bridgehead atoms. The lowest BCUT2D eigenvalue weighted by atomic mass is 10.1. The number of aliphatic imine (C=N–C) groups is 1. The summed E-state index contributed by atoms with van der Waals surface area (Å²) in [7, 11) is 1.56. The van der Waals surface area contributed by atoms with Gasteiger partial charge in [-0.05, 0) is 12.1 Å². The van der Waals surface area contributed by atoms with Crippen LogP contribution in [-0.2, 0) is 9.53 Å². The van der Waals surface area contributed by atoms with E-state index in [1.54, 1.807) is 7.11 Å². The quantitative estimate of drug-likeness (QED) is 0.818. The number of nitrogens with zero attached hydrogens (tertiary/aromatic N) is 1. The number of hydrogen-bond donors (Lipinski definition) is 2. The van der Waals surface area contributed by atoms with Gasteiger partial charge in [-0.25, -0.2) is 4.39 Å². The molecule has 1 aliphatic rings. The Morgan fingerprint density at radius 1 is 1.53 bits per heavy atom. The van der Waals surface area contributed by atoms with Crippen LogP contribution in [0.3, 0.4) is 0 Å². The topological polar surface area (TPSA) is 62.7 Å². The molecule has 7 heteroatoms. The normalized spacial score (nSPS) is 20.5. The minimum absolute atomic E-state index is 0.124. The first-order chi connectivity index (χ1) is 9.13. The number of carbonyl (C=O) groups excluding carboxylic acids is 1. The summed E-state index contributed by atoms with van der Waals surface area (Å²) in [6, 6.07) is 3.42. The van der Waals surface area contributed by atoms with Crippen molar-refractivity contribution in [2.75, 3.05) is 20.3 Å². The second kappa shape index (κ2) is 5.99. The lowest BCUT2D eigenvalue weighted by Gasteiger charge is -2.11. The Labute approximate surface area is 114 Å². The summed E-state index contributed by atoms with van der Waals surface area (Å²) in [5.74, 6) is -0.618. The molecule has 1 saturated heterocycles. The van der Waals surface area contributed by atoms with Crippen LogP contribution in [-0.4, -0.2) is 32.1 Å². The third-order valence-electron chi connectivity index (χ3n) is 2.64. The predicted octanol–water partition coefficient (Wildman–Crippen LogP) is 1.24. The average molecular weight is 286 g/mol. The van der Waals surface area contributed by atoms with Gasteiger partial charge in [0.2, 0.25) is 0 Å². The number of carbonyl (C=O) groups is 1. The first-order valence-electron chi connectivity index (χ1n) is 5.68. The Kier molecular flexibility index (Phi) is 4.34. The van der Waals surface area contributed by atoms with E-state index in [1.165, 1.54) is 18.2 Å². The summed E-state index contributed by atoms with van der Waals surface area (Å²) in [5, 5.41) is 5.54. The summed E-state index contributed by atoms with van der Waals surface area (Å²) >= 11 is 5.93. The van der Waals surface area contributed by atoms with Gasteiger partial charge in [-0.15, -0.1) is 0 Å². The van der Waals surface area contributed by atoms with Gasteiger partial charge >= 0.3 is 0 Å². The molecule has 5 nitrogen and oxygen atoms in total. The van der Waals surface area contributed by atoms with Crippen LogP contribution >= 0.6 is 11.6 Å². The van der Waals surface area contributed by atoms with Gasteiger partial charge in [0, 0.05) is 17.7 Å². The molecule has 1 atom stereocenters. The monoisotopic (exact) mass is 285 g/mol. The first kappa shape index (κ1) is 13.8. The van der Waals surface area contributed by atoms with Crippen molar-refractivity contribution >= 4 is 23.5 Å². The average Bonchev–Trinajstić information content (AvgIpc) is 2.71. The number of benzene rings is 1. The predicted molar refractivity (Wildman–Crippen MR) is 69.6 cm³/mol. The number of nitrogens with one attached hydrogen (secondary N) is 2. The third kappa shape index (κ3) is 3.02. The van der Waals surface area contributed by atoms with Crippen LogP contribution in [0.4, 0.5) is 4.39 Å². The smallest absolute Gasteiger partial charge is 0.254 e. The van der Waals surface area contributed by atoms with Gasteiger partial charge in [-0.2, -0.15) is 0 Å². The molecule has 0 radical (unpaired) electrons. The van der Waals surface area contributed by atoms with Gasteiger partial charge in [-0.3, -0.25) is 15.1 Å². The van der Waals surface area contributed by atoms with Gasteiger partial charge in [0.25, 0.3) is 5.91 Å². The fourth-order valence-electron chi connectivity index (χ4n) is 1.75. The molecule has 1 heterocycles. The van der Waals surface area contributed by atoms with Crippen LogP contribution in [0.5, 0.6) is 0 Å². The molecule has 2 rings (SSSR count). The van der Waals surface area contributed by atoms with E-state index in [9.17, 15) is 9.18 Å². The molecule has 0 saturated carbocycles. The zero-order valence-corrected chi connectivity index (χ0v) is 11.0. The standard InChI is InChI=1S/C12H13ClFN3O2/c1-19-6-5-15-12-16-10(11(18)17-12)9-7(13)3-2-4-8(9)14/h2-4,10H,5-6H2,1H3,(H2,15,16,17,18). The molecule has 1 aliphatic heterocycles. The zero-order chi connectivity index (χ0) is 13.8. The van der Waals surface area contributed by atoms with Crippen LogP contribution in [0.15, 0.2) is 23.2 Å². The number of guanidine groups is 1. The van der Waals surface area contributed by atoms with E-state index in [4.69, 9.17) is 16.3 Å². The Morgan fingerprint density at radius 2 is 2.32 bits per heavy atom. The molecular weight excluding hydrogens is 273 g/mol. The third-order valence-corrected chi connectivity index (χ3v) is 2.97. The van der Waals surface area contributed by atoms with Crippen LogP contribution in [0, 0.1) is 5.82 Å². The number of rotatable bonds is 4. The summed E-state index contributed by atoms with van der Waals surface area (Å²) in [6.45, 7) is 0.836. The number of methoxy groups -OCH3 is 1. The molecular formula is C12H13ClFN3O2. The summed E-state index contributed by atoms with van der Waals surface area (Å²) in [5.41, 5.74) is 0.124. The van der Waals surface area contributed by atoms with Crippen molar-refractivity contribution in [1.82, 2.24) is 10.6 Å². The molecule has 0 spiro atoms. The molecule has 19 heavy (non-hydrogen) atoms. The van der Waals surface area contributed by atoms with Crippen LogP contribution in [0.2, 0.25) is 5.02 Å². The van der Waals surface area contributed by atoms with Gasteiger partial charge < -0.3 is 10.1 Å². The highest BCUT2D eigenvalue weighted by atomic mass is 35.5. The van der Waals surface area contributed by atoms with Gasteiger partial charge in [-0.1, -0.05) is 17.7 Å². The summed E-state index contributed by atoms with van der Waals surface area (Å²) in [4.78, 5) is 15.9. The largest absolute Gasteiger partial charge is 0.383 e. The molecule has 1 aromatic carbocycles. The SMILES string of the molecule is COCCN=C1NC(=O)C(c2c(F)cccc2Cl)N1. The molecule has 1 unspecified atom stereocenters. The fourth-order valence-corrected chi connectivity index (χ4v) is 2.02. The fraction of sp³-hybridized carbons (Fsp3) is 0.333. The summed E-state index contributed by atoms with van der Waals surface area (Å²) in [6.07, 6.45) is 0. The van der Waals surface area contributed by atoms with Crippen molar-refractivity contribution in [2.24, 2.45) is 4.99 Å². The lowest BCUT2D eigenvalue weighted by Crippen LogP contribution is -2.26. The van der Waals surface area contributed by atoms with Crippen molar-refractivity contribution in [3.63, 3.8) is 0 Å². The Morgan fingerprint density at radius 3 is 3.00 bits per heavy atom. The van der Waals surface area contributed by atoms with E-state index in [0.717, 1.165) is 0 Å². The maximum atomic E-state index is 13.7. The minimum atomic E-state index is -0.866. The Bertz CT molecular complexity index is 501. The molecule has 102 valence electrons. The first-order valence-corrected chi connectivity index (χ1v) is 6.06. The second-order valence-electron chi connectivity index (χ2n) is 3.93.